The number of hydrogen-bond acceptors (Lipinski definition) is 4. The lowest BCUT2D eigenvalue weighted by Crippen LogP contribution is -2.35. The van der Waals surface area contributed by atoms with Gasteiger partial charge in [-0.25, -0.2) is 4.79 Å². The number of amides is 1. The summed E-state index contributed by atoms with van der Waals surface area (Å²) in [6.07, 6.45) is 3.15. The summed E-state index contributed by atoms with van der Waals surface area (Å²) in [5.41, 5.74) is 0.675. The first-order valence-electron chi connectivity index (χ1n) is 8.54. The smallest absolute Gasteiger partial charge is 0.339 e. The topological polar surface area (TPSA) is 63.7 Å². The van der Waals surface area contributed by atoms with Crippen molar-refractivity contribution in [1.82, 2.24) is 4.90 Å². The molecule has 6 heteroatoms. The molecule has 0 atom stereocenters. The molecule has 0 radical (unpaired) electrons. The van der Waals surface area contributed by atoms with E-state index in [9.17, 15) is 14.4 Å². The Kier molecular flexibility index (Phi) is 7.72. The summed E-state index contributed by atoms with van der Waals surface area (Å²) in [5.74, 6) is -1.46. The Morgan fingerprint density at radius 3 is 2.07 bits per heavy atom. The highest BCUT2D eigenvalue weighted by molar-refractivity contribution is 6.30. The Hall–Kier alpha value is -3.18. The van der Waals surface area contributed by atoms with Gasteiger partial charge in [0.05, 0.1) is 5.56 Å². The molecule has 5 nitrogen and oxygen atoms in total. The summed E-state index contributed by atoms with van der Waals surface area (Å²) >= 11 is 5.85. The van der Waals surface area contributed by atoms with Gasteiger partial charge in [0, 0.05) is 29.2 Å². The van der Waals surface area contributed by atoms with Gasteiger partial charge in [-0.1, -0.05) is 42.0 Å². The molecule has 0 aliphatic rings. The van der Waals surface area contributed by atoms with Gasteiger partial charge in [0.2, 0.25) is 0 Å². The number of halogens is 1. The van der Waals surface area contributed by atoms with Crippen LogP contribution in [0.25, 0.3) is 0 Å². The largest absolute Gasteiger partial charge is 0.452 e. The second kappa shape index (κ2) is 10.2. The predicted octanol–water partition coefficient (Wildman–Crippen LogP) is 3.93. The number of ether oxygens (including phenoxy) is 1. The number of ketones is 1. The molecule has 2 aromatic rings. The van der Waals surface area contributed by atoms with Crippen LogP contribution in [0.15, 0.2) is 73.8 Å². The van der Waals surface area contributed by atoms with Crippen LogP contribution in [0.4, 0.5) is 0 Å². The zero-order chi connectivity index (χ0) is 20.5. The Labute approximate surface area is 168 Å². The number of hydrogen-bond donors (Lipinski definition) is 0. The molecule has 144 valence electrons. The molecule has 0 unspecified atom stereocenters. The average Bonchev–Trinajstić information content (AvgIpc) is 2.71. The van der Waals surface area contributed by atoms with Crippen LogP contribution < -0.4 is 0 Å². The molecule has 2 aromatic carbocycles. The van der Waals surface area contributed by atoms with E-state index in [1.165, 1.54) is 17.0 Å². The van der Waals surface area contributed by atoms with Gasteiger partial charge >= 0.3 is 5.97 Å². The van der Waals surface area contributed by atoms with Crippen molar-refractivity contribution in [2.45, 2.75) is 0 Å². The van der Waals surface area contributed by atoms with E-state index in [0.717, 1.165) is 0 Å². The molecule has 0 fully saturated rings. The second-order valence-electron chi connectivity index (χ2n) is 5.83. The summed E-state index contributed by atoms with van der Waals surface area (Å²) in [6.45, 7) is 7.37. The minimum Gasteiger partial charge on any atom is -0.452 e. The Bertz CT molecular complexity index is 880. The fourth-order valence-corrected chi connectivity index (χ4v) is 2.63. The first-order chi connectivity index (χ1) is 13.5. The summed E-state index contributed by atoms with van der Waals surface area (Å²) in [7, 11) is 0. The van der Waals surface area contributed by atoms with Crippen LogP contribution in [0, 0.1) is 0 Å². The Morgan fingerprint density at radius 1 is 0.929 bits per heavy atom. The molecule has 0 N–H and O–H groups in total. The fraction of sp³-hybridized carbons (Fsp3) is 0.136. The molecule has 0 spiro atoms. The SMILES string of the molecule is C=CCN(CC=C)C(=O)COC(=O)c1ccccc1C(=O)c1ccc(Cl)cc1. The van der Waals surface area contributed by atoms with Crippen LogP contribution in [-0.2, 0) is 9.53 Å². The third-order valence-electron chi connectivity index (χ3n) is 3.88. The number of carbonyl (C=O) groups is 3. The first-order valence-corrected chi connectivity index (χ1v) is 8.91. The van der Waals surface area contributed by atoms with Gasteiger partial charge < -0.3 is 9.64 Å². The molecule has 0 bridgehead atoms. The maximum atomic E-state index is 12.8. The third kappa shape index (κ3) is 5.41. The van der Waals surface area contributed by atoms with Crippen molar-refractivity contribution in [3.63, 3.8) is 0 Å². The van der Waals surface area contributed by atoms with Gasteiger partial charge in [-0.2, -0.15) is 0 Å². The minimum atomic E-state index is -0.747. The van der Waals surface area contributed by atoms with E-state index in [1.807, 2.05) is 0 Å². The summed E-state index contributed by atoms with van der Waals surface area (Å²) < 4.78 is 5.14. The lowest BCUT2D eigenvalue weighted by molar-refractivity contribution is -0.133. The van der Waals surface area contributed by atoms with Crippen LogP contribution in [-0.4, -0.2) is 42.3 Å². The monoisotopic (exact) mass is 397 g/mol. The quantitative estimate of drug-likeness (QED) is 0.365. The highest BCUT2D eigenvalue weighted by Gasteiger charge is 2.21. The molecule has 0 aliphatic heterocycles. The van der Waals surface area contributed by atoms with Crippen molar-refractivity contribution < 1.29 is 19.1 Å². The Morgan fingerprint density at radius 2 is 1.50 bits per heavy atom. The number of esters is 1. The fourth-order valence-electron chi connectivity index (χ4n) is 2.50. The molecule has 0 aliphatic carbocycles. The van der Waals surface area contributed by atoms with Crippen LogP contribution in [0.5, 0.6) is 0 Å². The van der Waals surface area contributed by atoms with Crippen LogP contribution >= 0.6 is 11.6 Å². The maximum Gasteiger partial charge on any atom is 0.339 e. The normalized spacial score (nSPS) is 10.0. The van der Waals surface area contributed by atoms with Crippen LogP contribution in [0.3, 0.4) is 0 Å². The maximum absolute atomic E-state index is 12.8. The summed E-state index contributed by atoms with van der Waals surface area (Å²) in [6, 6.07) is 12.7. The zero-order valence-corrected chi connectivity index (χ0v) is 16.0. The molecular weight excluding hydrogens is 378 g/mol. The first kappa shape index (κ1) is 21.1. The van der Waals surface area contributed by atoms with Gasteiger partial charge in [0.1, 0.15) is 0 Å². The predicted molar refractivity (Wildman–Crippen MR) is 109 cm³/mol. The number of carbonyl (C=O) groups excluding carboxylic acids is 3. The van der Waals surface area contributed by atoms with Crippen LogP contribution in [0.1, 0.15) is 26.3 Å². The molecule has 1 amide bonds. The molecule has 0 heterocycles. The lowest BCUT2D eigenvalue weighted by Gasteiger charge is -2.19. The van der Waals surface area contributed by atoms with Crippen molar-refractivity contribution >= 4 is 29.3 Å². The molecule has 28 heavy (non-hydrogen) atoms. The molecule has 2 rings (SSSR count). The average molecular weight is 398 g/mol. The lowest BCUT2D eigenvalue weighted by atomic mass is 9.98. The third-order valence-corrected chi connectivity index (χ3v) is 4.13. The van der Waals surface area contributed by atoms with Crippen molar-refractivity contribution in [3.05, 3.63) is 95.6 Å². The second-order valence-corrected chi connectivity index (χ2v) is 6.27. The van der Waals surface area contributed by atoms with Crippen molar-refractivity contribution in [2.75, 3.05) is 19.7 Å². The van der Waals surface area contributed by atoms with Crippen LogP contribution in [0.2, 0.25) is 5.02 Å². The van der Waals surface area contributed by atoms with E-state index in [4.69, 9.17) is 16.3 Å². The zero-order valence-electron chi connectivity index (χ0n) is 15.3. The van der Waals surface area contributed by atoms with Crippen molar-refractivity contribution in [3.8, 4) is 0 Å². The highest BCUT2D eigenvalue weighted by atomic mass is 35.5. The van der Waals surface area contributed by atoms with Crippen molar-refractivity contribution in [1.29, 1.82) is 0 Å². The van der Waals surface area contributed by atoms with E-state index in [-0.39, 0.29) is 22.8 Å². The van der Waals surface area contributed by atoms with E-state index in [0.29, 0.717) is 23.7 Å². The number of benzene rings is 2. The minimum absolute atomic E-state index is 0.0919. The number of nitrogens with zero attached hydrogens (tertiary/aromatic N) is 1. The van der Waals surface area contributed by atoms with Gasteiger partial charge in [-0.05, 0) is 30.3 Å². The highest BCUT2D eigenvalue weighted by Crippen LogP contribution is 2.18. The van der Waals surface area contributed by atoms with E-state index in [1.54, 1.807) is 48.6 Å². The van der Waals surface area contributed by atoms with E-state index in [2.05, 4.69) is 13.2 Å². The van der Waals surface area contributed by atoms with Crippen molar-refractivity contribution in [2.24, 2.45) is 0 Å². The van der Waals surface area contributed by atoms with Gasteiger partial charge in [0.25, 0.3) is 5.91 Å². The van der Waals surface area contributed by atoms with Gasteiger partial charge in [0.15, 0.2) is 12.4 Å². The number of rotatable bonds is 9. The summed E-state index contributed by atoms with van der Waals surface area (Å²) in [4.78, 5) is 38.9. The molecular formula is C22H20ClNO4. The molecule has 0 saturated carbocycles. The Balaban J connectivity index is 2.15. The van der Waals surface area contributed by atoms with Gasteiger partial charge in [-0.15, -0.1) is 13.2 Å². The summed E-state index contributed by atoms with van der Waals surface area (Å²) in [5, 5.41) is 0.506. The van der Waals surface area contributed by atoms with Gasteiger partial charge in [-0.3, -0.25) is 9.59 Å². The molecule has 0 saturated heterocycles. The molecule has 0 aromatic heterocycles. The standard InChI is InChI=1S/C22H20ClNO4/c1-3-13-24(14-4-2)20(25)15-28-22(27)19-8-6-5-7-18(19)21(26)16-9-11-17(23)12-10-16/h3-12H,1-2,13-15H2. The van der Waals surface area contributed by atoms with E-state index >= 15 is 0 Å². The van der Waals surface area contributed by atoms with E-state index < -0.39 is 12.6 Å².